The molecule has 0 radical (unpaired) electrons. The van der Waals surface area contributed by atoms with Crippen LogP contribution in [0.3, 0.4) is 0 Å². The molecular formula is C8H10N6O4S. The number of nitrogens with one attached hydrogen (secondary N) is 2. The molecule has 0 aliphatic rings. The van der Waals surface area contributed by atoms with Crippen molar-refractivity contribution in [3.05, 3.63) is 24.4 Å². The van der Waals surface area contributed by atoms with Gasteiger partial charge in [-0.2, -0.15) is 0 Å². The first kappa shape index (κ1) is 13.2. The Balaban J connectivity index is 1.91. The minimum atomic E-state index is -3.64. The molecule has 0 amide bonds. The Morgan fingerprint density at radius 2 is 2.32 bits per heavy atom. The Bertz CT molecular complexity index is 661. The fourth-order valence-electron chi connectivity index (χ4n) is 1.27. The summed E-state index contributed by atoms with van der Waals surface area (Å²) in [4.78, 5) is 16.6. The molecule has 0 aromatic carbocycles. The number of imidazole rings is 1. The average molecular weight is 286 g/mol. The molecule has 0 unspecified atom stereocenters. The molecule has 0 aliphatic carbocycles. The number of aromatic amines is 1. The summed E-state index contributed by atoms with van der Waals surface area (Å²) in [5.74, 6) is -1.19. The van der Waals surface area contributed by atoms with Crippen LogP contribution >= 0.6 is 0 Å². The summed E-state index contributed by atoms with van der Waals surface area (Å²) in [7, 11) is -3.64. The number of hydrogen-bond donors (Lipinski definition) is 3. The predicted octanol–water partition coefficient (Wildman–Crippen LogP) is -1.32. The lowest BCUT2D eigenvalue weighted by atomic mass is 10.5. The van der Waals surface area contributed by atoms with Gasteiger partial charge in [-0.3, -0.25) is 4.68 Å². The zero-order valence-electron chi connectivity index (χ0n) is 9.52. The van der Waals surface area contributed by atoms with Crippen LogP contribution in [0.5, 0.6) is 0 Å². The first-order valence-electron chi connectivity index (χ1n) is 5.10. The second kappa shape index (κ2) is 5.16. The molecule has 2 rings (SSSR count). The van der Waals surface area contributed by atoms with Crippen LogP contribution in [0.15, 0.2) is 23.7 Å². The van der Waals surface area contributed by atoms with Gasteiger partial charge in [-0.15, -0.1) is 5.10 Å². The van der Waals surface area contributed by atoms with E-state index in [9.17, 15) is 13.2 Å². The van der Waals surface area contributed by atoms with Crippen LogP contribution in [0.2, 0.25) is 0 Å². The van der Waals surface area contributed by atoms with Gasteiger partial charge >= 0.3 is 5.97 Å². The summed E-state index contributed by atoms with van der Waals surface area (Å²) in [6.45, 7) is 0.206. The van der Waals surface area contributed by atoms with Gasteiger partial charge in [0.2, 0.25) is 0 Å². The zero-order valence-corrected chi connectivity index (χ0v) is 10.3. The molecule has 11 heteroatoms. The summed E-state index contributed by atoms with van der Waals surface area (Å²) < 4.78 is 26.9. The van der Waals surface area contributed by atoms with Crippen molar-refractivity contribution in [3.63, 3.8) is 0 Å². The third-order valence-electron chi connectivity index (χ3n) is 2.15. The van der Waals surface area contributed by atoms with Crippen molar-refractivity contribution in [2.45, 2.75) is 11.6 Å². The Labute approximate surface area is 107 Å². The number of carboxylic acid groups (broad SMARTS) is 1. The molecule has 0 aliphatic heterocycles. The van der Waals surface area contributed by atoms with Crippen LogP contribution in [-0.4, -0.2) is 51.0 Å². The number of aromatic nitrogens is 5. The van der Waals surface area contributed by atoms with E-state index in [1.807, 2.05) is 0 Å². The van der Waals surface area contributed by atoms with Gasteiger partial charge in [0.15, 0.2) is 10.7 Å². The van der Waals surface area contributed by atoms with Gasteiger partial charge in [0.05, 0.1) is 25.3 Å². The van der Waals surface area contributed by atoms with Gasteiger partial charge in [0, 0.05) is 6.54 Å². The number of H-pyrrole nitrogens is 1. The molecule has 0 spiro atoms. The Hall–Kier alpha value is -2.27. The minimum Gasteiger partial charge on any atom is -0.476 e. The Kier molecular flexibility index (Phi) is 3.57. The lowest BCUT2D eigenvalue weighted by Gasteiger charge is -2.03. The van der Waals surface area contributed by atoms with E-state index in [1.165, 1.54) is 23.4 Å². The summed E-state index contributed by atoms with van der Waals surface area (Å²) in [6.07, 6.45) is 3.65. The van der Waals surface area contributed by atoms with Crippen molar-refractivity contribution in [3.8, 4) is 0 Å². The lowest BCUT2D eigenvalue weighted by molar-refractivity contribution is 0.0690. The zero-order chi connectivity index (χ0) is 13.9. The van der Waals surface area contributed by atoms with Crippen molar-refractivity contribution < 1.29 is 18.3 Å². The van der Waals surface area contributed by atoms with Crippen molar-refractivity contribution in [1.29, 1.82) is 0 Å². The van der Waals surface area contributed by atoms with Gasteiger partial charge in [0.1, 0.15) is 0 Å². The number of rotatable bonds is 6. The fourth-order valence-corrected chi connectivity index (χ4v) is 2.19. The summed E-state index contributed by atoms with van der Waals surface area (Å²) in [6, 6.07) is 0. The highest BCUT2D eigenvalue weighted by Crippen LogP contribution is 2.01. The largest absolute Gasteiger partial charge is 0.476 e. The maximum absolute atomic E-state index is 11.7. The molecule has 2 aromatic heterocycles. The molecule has 102 valence electrons. The number of aromatic carboxylic acids is 1. The summed E-state index contributed by atoms with van der Waals surface area (Å²) in [5, 5.41) is 15.5. The monoisotopic (exact) mass is 286 g/mol. The van der Waals surface area contributed by atoms with E-state index >= 15 is 0 Å². The quantitative estimate of drug-likeness (QED) is 0.597. The normalized spacial score (nSPS) is 11.6. The number of carbonyl (C=O) groups is 1. The number of sulfonamides is 1. The van der Waals surface area contributed by atoms with E-state index in [0.29, 0.717) is 0 Å². The van der Waals surface area contributed by atoms with E-state index in [0.717, 1.165) is 0 Å². The topological polar surface area (TPSA) is 143 Å². The van der Waals surface area contributed by atoms with Crippen LogP contribution in [0, 0.1) is 0 Å². The number of hydrogen-bond acceptors (Lipinski definition) is 6. The molecule has 3 N–H and O–H groups in total. The van der Waals surface area contributed by atoms with Crippen LogP contribution in [0.4, 0.5) is 0 Å². The van der Waals surface area contributed by atoms with Crippen molar-refractivity contribution in [2.75, 3.05) is 6.54 Å². The first-order chi connectivity index (χ1) is 8.99. The van der Waals surface area contributed by atoms with Gasteiger partial charge < -0.3 is 10.1 Å². The Morgan fingerprint density at radius 1 is 1.53 bits per heavy atom. The van der Waals surface area contributed by atoms with Crippen molar-refractivity contribution >= 4 is 16.0 Å². The van der Waals surface area contributed by atoms with Crippen LogP contribution < -0.4 is 4.72 Å². The standard InChI is InChI=1S/C8H10N6O4S/c15-8(16)6-4-14(13-12-6)2-1-11-19(17,18)7-3-9-5-10-7/h3-5,11H,1-2H2,(H,9,10)(H,15,16). The highest BCUT2D eigenvalue weighted by Gasteiger charge is 2.15. The lowest BCUT2D eigenvalue weighted by Crippen LogP contribution is -2.27. The van der Waals surface area contributed by atoms with E-state index in [4.69, 9.17) is 5.11 Å². The summed E-state index contributed by atoms with van der Waals surface area (Å²) in [5.41, 5.74) is -0.198. The van der Waals surface area contributed by atoms with E-state index in [2.05, 4.69) is 25.0 Å². The second-order valence-corrected chi connectivity index (χ2v) is 5.22. The summed E-state index contributed by atoms with van der Waals surface area (Å²) >= 11 is 0. The highest BCUT2D eigenvalue weighted by atomic mass is 32.2. The molecule has 0 bridgehead atoms. The van der Waals surface area contributed by atoms with Gasteiger partial charge in [-0.05, 0) is 0 Å². The van der Waals surface area contributed by atoms with E-state index < -0.39 is 16.0 Å². The van der Waals surface area contributed by atoms with E-state index in [1.54, 1.807) is 0 Å². The third kappa shape index (κ3) is 3.14. The Morgan fingerprint density at radius 3 is 2.89 bits per heavy atom. The maximum atomic E-state index is 11.7. The van der Waals surface area contributed by atoms with Crippen LogP contribution in [-0.2, 0) is 16.6 Å². The van der Waals surface area contributed by atoms with Crippen LogP contribution in [0.25, 0.3) is 0 Å². The van der Waals surface area contributed by atoms with Crippen molar-refractivity contribution in [2.24, 2.45) is 0 Å². The van der Waals surface area contributed by atoms with Crippen LogP contribution in [0.1, 0.15) is 10.5 Å². The minimum absolute atomic E-state index is 0.0442. The highest BCUT2D eigenvalue weighted by molar-refractivity contribution is 7.89. The maximum Gasteiger partial charge on any atom is 0.358 e. The molecule has 2 heterocycles. The molecule has 10 nitrogen and oxygen atoms in total. The average Bonchev–Trinajstić information content (AvgIpc) is 3.00. The fraction of sp³-hybridized carbons (Fsp3) is 0.250. The number of nitrogens with zero attached hydrogens (tertiary/aromatic N) is 4. The third-order valence-corrected chi connectivity index (χ3v) is 3.54. The van der Waals surface area contributed by atoms with E-state index in [-0.39, 0.29) is 23.8 Å². The second-order valence-electron chi connectivity index (χ2n) is 3.49. The molecule has 0 saturated carbocycles. The predicted molar refractivity (Wildman–Crippen MR) is 60.8 cm³/mol. The SMILES string of the molecule is O=C(O)c1cn(CCNS(=O)(=O)c2cnc[nH]2)nn1. The van der Waals surface area contributed by atoms with Gasteiger partial charge in [-0.25, -0.2) is 22.9 Å². The molecule has 0 saturated heterocycles. The van der Waals surface area contributed by atoms with Crippen molar-refractivity contribution in [1.82, 2.24) is 29.7 Å². The molecule has 0 fully saturated rings. The molecule has 19 heavy (non-hydrogen) atoms. The smallest absolute Gasteiger partial charge is 0.358 e. The van der Waals surface area contributed by atoms with Gasteiger partial charge in [-0.1, -0.05) is 5.21 Å². The first-order valence-corrected chi connectivity index (χ1v) is 6.59. The van der Waals surface area contributed by atoms with Gasteiger partial charge in [0.25, 0.3) is 10.0 Å². The molecule has 2 aromatic rings. The molecule has 0 atom stereocenters. The number of carboxylic acids is 1. The molecular weight excluding hydrogens is 276 g/mol.